The molecule has 0 aliphatic carbocycles. The highest BCUT2D eigenvalue weighted by Gasteiger charge is 2.31. The Hall–Kier alpha value is -2.59. The van der Waals surface area contributed by atoms with E-state index >= 15 is 0 Å². The van der Waals surface area contributed by atoms with Crippen LogP contribution in [0, 0.1) is 20.8 Å². The minimum atomic E-state index is -2.99. The molecule has 1 aliphatic heterocycles. The molecule has 1 atom stereocenters. The molecule has 1 aliphatic rings. The Morgan fingerprint density at radius 2 is 2.00 bits per heavy atom. The maximum atomic E-state index is 12.9. The third-order valence-corrected chi connectivity index (χ3v) is 8.86. The molecule has 8 nitrogen and oxygen atoms in total. The van der Waals surface area contributed by atoms with Gasteiger partial charge in [-0.3, -0.25) is 14.0 Å². The largest absolute Gasteiger partial charge is 0.341 e. The highest BCUT2D eigenvalue weighted by Crippen LogP contribution is 2.28. The molecule has 1 amide bonds. The number of aryl methyl sites for hydroxylation is 2. The summed E-state index contributed by atoms with van der Waals surface area (Å²) in [7, 11) is -1.21. The van der Waals surface area contributed by atoms with Gasteiger partial charge in [0.2, 0.25) is 5.91 Å². The van der Waals surface area contributed by atoms with E-state index in [1.54, 1.807) is 18.1 Å². The standard InChI is InChI=1S/C23H29N5O3S2/c1-16-7-5-6-8-21(16)27-11-10-24-23(27)32-14-22(29)26(4)13-20-17(2)25-28(18(20)3)19-9-12-33(30,31)15-19/h5-8,10-11,19H,9,12-15H2,1-4H3/t19-/m1/s1. The molecular formula is C23H29N5O3S2. The normalized spacial score (nSPS) is 17.4. The zero-order chi connectivity index (χ0) is 23.8. The number of para-hydroxylation sites is 1. The molecule has 4 rings (SSSR count). The zero-order valence-corrected chi connectivity index (χ0v) is 21.0. The Morgan fingerprint density at radius 1 is 1.24 bits per heavy atom. The van der Waals surface area contributed by atoms with Crippen molar-refractivity contribution >= 4 is 27.5 Å². The van der Waals surface area contributed by atoms with Gasteiger partial charge >= 0.3 is 0 Å². The molecule has 0 unspecified atom stereocenters. The third-order valence-electron chi connectivity index (χ3n) is 6.16. The number of carbonyl (C=O) groups is 1. The number of nitrogens with zero attached hydrogens (tertiary/aromatic N) is 5. The maximum Gasteiger partial charge on any atom is 0.233 e. The number of benzene rings is 1. The molecule has 0 bridgehead atoms. The minimum Gasteiger partial charge on any atom is -0.341 e. The van der Waals surface area contributed by atoms with Gasteiger partial charge in [0.15, 0.2) is 15.0 Å². The molecule has 0 saturated carbocycles. The van der Waals surface area contributed by atoms with E-state index in [1.807, 2.05) is 47.5 Å². The first kappa shape index (κ1) is 23.6. The van der Waals surface area contributed by atoms with Crippen LogP contribution in [0.1, 0.15) is 35.0 Å². The summed E-state index contributed by atoms with van der Waals surface area (Å²) in [5.74, 6) is 0.605. The molecule has 1 aromatic carbocycles. The average molecular weight is 488 g/mol. The molecule has 33 heavy (non-hydrogen) atoms. The van der Waals surface area contributed by atoms with Gasteiger partial charge in [-0.05, 0) is 38.8 Å². The summed E-state index contributed by atoms with van der Waals surface area (Å²) in [5, 5.41) is 5.38. The third kappa shape index (κ3) is 5.01. The Bertz CT molecular complexity index is 1280. The van der Waals surface area contributed by atoms with Crippen molar-refractivity contribution in [1.82, 2.24) is 24.2 Å². The van der Waals surface area contributed by atoms with Gasteiger partial charge in [-0.15, -0.1) is 0 Å². The number of imidazole rings is 1. The van der Waals surface area contributed by atoms with Gasteiger partial charge in [0.05, 0.1) is 34.7 Å². The lowest BCUT2D eigenvalue weighted by molar-refractivity contribution is -0.127. The number of rotatable bonds is 7. The van der Waals surface area contributed by atoms with E-state index in [-0.39, 0.29) is 29.2 Å². The van der Waals surface area contributed by atoms with E-state index in [0.29, 0.717) is 13.0 Å². The molecule has 10 heteroatoms. The van der Waals surface area contributed by atoms with Crippen LogP contribution >= 0.6 is 11.8 Å². The van der Waals surface area contributed by atoms with Gasteiger partial charge in [0.25, 0.3) is 0 Å². The number of hydrogen-bond donors (Lipinski definition) is 0. The Morgan fingerprint density at radius 3 is 2.70 bits per heavy atom. The molecular weight excluding hydrogens is 458 g/mol. The molecule has 0 N–H and O–H groups in total. The molecule has 3 heterocycles. The van der Waals surface area contributed by atoms with Crippen LogP contribution in [0.2, 0.25) is 0 Å². The van der Waals surface area contributed by atoms with Crippen LogP contribution in [0.4, 0.5) is 0 Å². The lowest BCUT2D eigenvalue weighted by atomic mass is 10.1. The SMILES string of the molecule is Cc1ccccc1-n1ccnc1SCC(=O)N(C)Cc1c(C)nn([C@@H]2CCS(=O)(=O)C2)c1C. The van der Waals surface area contributed by atoms with Crippen molar-refractivity contribution in [3.8, 4) is 5.69 Å². The molecule has 3 aromatic rings. The second-order valence-corrected chi connectivity index (χ2v) is 11.7. The summed E-state index contributed by atoms with van der Waals surface area (Å²) in [6.07, 6.45) is 4.24. The van der Waals surface area contributed by atoms with Gasteiger partial charge in [-0.2, -0.15) is 5.10 Å². The Kier molecular flexibility index (Phi) is 6.67. The van der Waals surface area contributed by atoms with Crippen molar-refractivity contribution in [2.24, 2.45) is 0 Å². The van der Waals surface area contributed by atoms with Crippen molar-refractivity contribution < 1.29 is 13.2 Å². The average Bonchev–Trinajstić information content (AvgIpc) is 3.45. The summed E-state index contributed by atoms with van der Waals surface area (Å²) < 4.78 is 27.6. The second kappa shape index (κ2) is 9.34. The van der Waals surface area contributed by atoms with Crippen molar-refractivity contribution in [1.29, 1.82) is 0 Å². The lowest BCUT2D eigenvalue weighted by Crippen LogP contribution is -2.28. The van der Waals surface area contributed by atoms with Crippen molar-refractivity contribution in [2.45, 2.75) is 44.9 Å². The van der Waals surface area contributed by atoms with Crippen LogP contribution in [-0.4, -0.2) is 62.9 Å². The van der Waals surface area contributed by atoms with Crippen LogP contribution < -0.4 is 0 Å². The van der Waals surface area contributed by atoms with Gasteiger partial charge in [-0.25, -0.2) is 13.4 Å². The summed E-state index contributed by atoms with van der Waals surface area (Å²) in [6, 6.07) is 7.95. The van der Waals surface area contributed by atoms with E-state index in [0.717, 1.165) is 33.4 Å². The van der Waals surface area contributed by atoms with E-state index in [9.17, 15) is 13.2 Å². The highest BCUT2D eigenvalue weighted by atomic mass is 32.2. The fraction of sp³-hybridized carbons (Fsp3) is 0.435. The van der Waals surface area contributed by atoms with Crippen molar-refractivity contribution in [3.63, 3.8) is 0 Å². The first-order valence-corrected chi connectivity index (χ1v) is 13.7. The zero-order valence-electron chi connectivity index (χ0n) is 19.4. The minimum absolute atomic E-state index is 0.00525. The Labute approximate surface area is 198 Å². The quantitative estimate of drug-likeness (QED) is 0.476. The van der Waals surface area contributed by atoms with E-state index < -0.39 is 9.84 Å². The smallest absolute Gasteiger partial charge is 0.233 e. The summed E-state index contributed by atoms with van der Waals surface area (Å²) in [5.41, 5.74) is 4.92. The maximum absolute atomic E-state index is 12.9. The van der Waals surface area contributed by atoms with Gasteiger partial charge in [0.1, 0.15) is 0 Å². The predicted molar refractivity (Wildman–Crippen MR) is 130 cm³/mol. The van der Waals surface area contributed by atoms with Gasteiger partial charge in [0, 0.05) is 37.2 Å². The molecule has 1 saturated heterocycles. The van der Waals surface area contributed by atoms with Crippen molar-refractivity contribution in [3.05, 3.63) is 59.2 Å². The summed E-state index contributed by atoms with van der Waals surface area (Å²) in [4.78, 5) is 19.0. The number of carbonyl (C=O) groups excluding carboxylic acids is 1. The van der Waals surface area contributed by atoms with Crippen LogP contribution in [0.15, 0.2) is 41.8 Å². The Balaban J connectivity index is 1.42. The first-order valence-electron chi connectivity index (χ1n) is 10.9. The second-order valence-electron chi connectivity index (χ2n) is 8.56. The van der Waals surface area contributed by atoms with Gasteiger partial charge in [-0.1, -0.05) is 30.0 Å². The number of hydrogen-bond acceptors (Lipinski definition) is 6. The predicted octanol–water partition coefficient (Wildman–Crippen LogP) is 3.10. The number of sulfone groups is 1. The van der Waals surface area contributed by atoms with Crippen LogP contribution in [0.5, 0.6) is 0 Å². The molecule has 0 radical (unpaired) electrons. The van der Waals surface area contributed by atoms with Gasteiger partial charge < -0.3 is 4.90 Å². The fourth-order valence-corrected chi connectivity index (χ4v) is 6.82. The molecule has 176 valence electrons. The monoisotopic (exact) mass is 487 g/mol. The topological polar surface area (TPSA) is 90.1 Å². The number of amides is 1. The molecule has 0 spiro atoms. The van der Waals surface area contributed by atoms with E-state index in [4.69, 9.17) is 0 Å². The summed E-state index contributed by atoms with van der Waals surface area (Å²) >= 11 is 1.41. The van der Waals surface area contributed by atoms with E-state index in [2.05, 4.69) is 23.1 Å². The fourth-order valence-electron chi connectivity index (χ4n) is 4.23. The van der Waals surface area contributed by atoms with Crippen molar-refractivity contribution in [2.75, 3.05) is 24.3 Å². The number of aromatic nitrogens is 4. The molecule has 1 fully saturated rings. The van der Waals surface area contributed by atoms with E-state index in [1.165, 1.54) is 11.8 Å². The first-order chi connectivity index (χ1) is 15.7. The molecule has 2 aromatic heterocycles. The number of thioether (sulfide) groups is 1. The van der Waals surface area contributed by atoms with Crippen LogP contribution in [-0.2, 0) is 21.2 Å². The summed E-state index contributed by atoms with van der Waals surface area (Å²) in [6.45, 7) is 6.35. The lowest BCUT2D eigenvalue weighted by Gasteiger charge is -2.18. The van der Waals surface area contributed by atoms with Crippen LogP contribution in [0.3, 0.4) is 0 Å². The van der Waals surface area contributed by atoms with Crippen LogP contribution in [0.25, 0.3) is 5.69 Å². The highest BCUT2D eigenvalue weighted by molar-refractivity contribution is 7.99.